The smallest absolute Gasteiger partial charge is 0.251 e. The van der Waals surface area contributed by atoms with E-state index in [1.165, 1.54) is 4.31 Å². The van der Waals surface area contributed by atoms with Gasteiger partial charge >= 0.3 is 0 Å². The molecule has 2 rings (SSSR count). The SMILES string of the molecule is CCS(=O)(=O)N1CCC(NC(=O)c2ccccc2C)CC1. The van der Waals surface area contributed by atoms with Crippen molar-refractivity contribution in [2.45, 2.75) is 32.7 Å². The molecule has 1 heterocycles. The molecule has 1 aromatic carbocycles. The van der Waals surface area contributed by atoms with Crippen molar-refractivity contribution in [2.75, 3.05) is 18.8 Å². The van der Waals surface area contributed by atoms with Crippen molar-refractivity contribution in [1.29, 1.82) is 0 Å². The Labute approximate surface area is 126 Å². The summed E-state index contributed by atoms with van der Waals surface area (Å²) in [5.41, 5.74) is 1.63. The molecule has 1 N–H and O–H groups in total. The Bertz CT molecular complexity index is 605. The molecule has 0 aliphatic carbocycles. The predicted octanol–water partition coefficient (Wildman–Crippen LogP) is 1.54. The van der Waals surface area contributed by atoms with Crippen LogP contribution in [0.25, 0.3) is 0 Å². The van der Waals surface area contributed by atoms with Crippen LogP contribution in [0.1, 0.15) is 35.7 Å². The maximum Gasteiger partial charge on any atom is 0.251 e. The highest BCUT2D eigenvalue weighted by Gasteiger charge is 2.27. The van der Waals surface area contributed by atoms with E-state index in [1.54, 1.807) is 13.0 Å². The molecular weight excluding hydrogens is 288 g/mol. The number of carbonyl (C=O) groups is 1. The van der Waals surface area contributed by atoms with Gasteiger partial charge in [0.05, 0.1) is 5.75 Å². The summed E-state index contributed by atoms with van der Waals surface area (Å²) in [5.74, 6) is 0.0534. The first-order valence-electron chi connectivity index (χ1n) is 7.28. The molecule has 1 saturated heterocycles. The van der Waals surface area contributed by atoms with E-state index in [9.17, 15) is 13.2 Å². The van der Waals surface area contributed by atoms with Gasteiger partial charge in [-0.15, -0.1) is 0 Å². The van der Waals surface area contributed by atoms with Gasteiger partial charge in [0.1, 0.15) is 0 Å². The Morgan fingerprint density at radius 1 is 1.29 bits per heavy atom. The molecule has 1 aliphatic heterocycles. The van der Waals surface area contributed by atoms with Crippen LogP contribution in [0.4, 0.5) is 0 Å². The Kier molecular flexibility index (Phi) is 5.00. The minimum atomic E-state index is -3.11. The van der Waals surface area contributed by atoms with Gasteiger partial charge in [-0.05, 0) is 38.3 Å². The van der Waals surface area contributed by atoms with Gasteiger partial charge in [0, 0.05) is 24.7 Å². The third kappa shape index (κ3) is 3.83. The normalized spacial score (nSPS) is 17.6. The number of carbonyl (C=O) groups excluding carboxylic acids is 1. The fraction of sp³-hybridized carbons (Fsp3) is 0.533. The van der Waals surface area contributed by atoms with E-state index in [2.05, 4.69) is 5.32 Å². The number of amides is 1. The number of benzene rings is 1. The highest BCUT2D eigenvalue weighted by Crippen LogP contribution is 2.15. The van der Waals surface area contributed by atoms with Crippen LogP contribution in [0.15, 0.2) is 24.3 Å². The van der Waals surface area contributed by atoms with E-state index in [4.69, 9.17) is 0 Å². The van der Waals surface area contributed by atoms with Crippen molar-refractivity contribution in [3.05, 3.63) is 35.4 Å². The summed E-state index contributed by atoms with van der Waals surface area (Å²) in [5, 5.41) is 3.01. The Hall–Kier alpha value is -1.40. The second-order valence-corrected chi connectivity index (χ2v) is 7.62. The zero-order valence-electron chi connectivity index (χ0n) is 12.5. The number of piperidine rings is 1. The molecule has 0 saturated carbocycles. The molecule has 0 spiro atoms. The molecule has 0 aromatic heterocycles. The summed E-state index contributed by atoms with van der Waals surface area (Å²) >= 11 is 0. The van der Waals surface area contributed by atoms with Crippen LogP contribution in [0.5, 0.6) is 0 Å². The Balaban J connectivity index is 1.92. The van der Waals surface area contributed by atoms with Crippen LogP contribution in [0.2, 0.25) is 0 Å². The quantitative estimate of drug-likeness (QED) is 0.917. The van der Waals surface area contributed by atoms with Gasteiger partial charge in [0.25, 0.3) is 5.91 Å². The van der Waals surface area contributed by atoms with Gasteiger partial charge in [0.2, 0.25) is 10.0 Å². The largest absolute Gasteiger partial charge is 0.349 e. The fourth-order valence-electron chi connectivity index (χ4n) is 2.55. The maximum atomic E-state index is 12.2. The van der Waals surface area contributed by atoms with Gasteiger partial charge in [0.15, 0.2) is 0 Å². The summed E-state index contributed by atoms with van der Waals surface area (Å²) in [6, 6.07) is 7.51. The second kappa shape index (κ2) is 6.58. The summed E-state index contributed by atoms with van der Waals surface area (Å²) < 4.78 is 25.1. The third-order valence-electron chi connectivity index (χ3n) is 3.94. The first-order valence-corrected chi connectivity index (χ1v) is 8.89. The van der Waals surface area contributed by atoms with Crippen LogP contribution in [-0.4, -0.2) is 43.5 Å². The zero-order valence-corrected chi connectivity index (χ0v) is 13.3. The summed E-state index contributed by atoms with van der Waals surface area (Å²) in [7, 11) is -3.11. The van der Waals surface area contributed by atoms with Gasteiger partial charge in [-0.25, -0.2) is 12.7 Å². The molecule has 0 atom stereocenters. The van der Waals surface area contributed by atoms with Crippen LogP contribution in [0, 0.1) is 6.92 Å². The molecular formula is C15H22N2O3S. The van der Waals surface area contributed by atoms with Crippen LogP contribution < -0.4 is 5.32 Å². The predicted molar refractivity (Wildman–Crippen MR) is 82.7 cm³/mol. The number of nitrogens with zero attached hydrogens (tertiary/aromatic N) is 1. The van der Waals surface area contributed by atoms with E-state index in [0.29, 0.717) is 31.5 Å². The standard InChI is InChI=1S/C15H22N2O3S/c1-3-21(19,20)17-10-8-13(9-11-17)16-15(18)14-7-5-4-6-12(14)2/h4-7,13H,3,8-11H2,1-2H3,(H,16,18). The molecule has 1 aliphatic rings. The number of hydrogen-bond acceptors (Lipinski definition) is 3. The molecule has 0 bridgehead atoms. The lowest BCUT2D eigenvalue weighted by Gasteiger charge is -2.31. The highest BCUT2D eigenvalue weighted by atomic mass is 32.2. The second-order valence-electron chi connectivity index (χ2n) is 5.36. The average molecular weight is 310 g/mol. The molecule has 116 valence electrons. The van der Waals surface area contributed by atoms with E-state index >= 15 is 0 Å². The monoisotopic (exact) mass is 310 g/mol. The van der Waals surface area contributed by atoms with E-state index in [0.717, 1.165) is 5.56 Å². The lowest BCUT2D eigenvalue weighted by molar-refractivity contribution is 0.0923. The topological polar surface area (TPSA) is 66.5 Å². The molecule has 1 amide bonds. The van der Waals surface area contributed by atoms with Gasteiger partial charge in [-0.2, -0.15) is 0 Å². The Morgan fingerprint density at radius 3 is 2.48 bits per heavy atom. The molecule has 6 heteroatoms. The van der Waals surface area contributed by atoms with Crippen LogP contribution in [0.3, 0.4) is 0 Å². The number of rotatable bonds is 4. The number of nitrogens with one attached hydrogen (secondary N) is 1. The lowest BCUT2D eigenvalue weighted by atomic mass is 10.0. The summed E-state index contributed by atoms with van der Waals surface area (Å²) in [4.78, 5) is 12.2. The molecule has 1 aromatic rings. The maximum absolute atomic E-state index is 12.2. The molecule has 1 fully saturated rings. The molecule has 21 heavy (non-hydrogen) atoms. The average Bonchev–Trinajstić information content (AvgIpc) is 2.48. The summed E-state index contributed by atoms with van der Waals surface area (Å²) in [6.07, 6.45) is 1.33. The highest BCUT2D eigenvalue weighted by molar-refractivity contribution is 7.89. The zero-order chi connectivity index (χ0) is 15.5. The van der Waals surface area contributed by atoms with E-state index in [1.807, 2.05) is 25.1 Å². The van der Waals surface area contributed by atoms with Gasteiger partial charge in [-0.1, -0.05) is 18.2 Å². The van der Waals surface area contributed by atoms with E-state index < -0.39 is 10.0 Å². The Morgan fingerprint density at radius 2 is 1.90 bits per heavy atom. The summed E-state index contributed by atoms with van der Waals surface area (Å²) in [6.45, 7) is 4.52. The minimum absolute atomic E-state index is 0.0420. The first kappa shape index (κ1) is 16.0. The van der Waals surface area contributed by atoms with Gasteiger partial charge in [-0.3, -0.25) is 4.79 Å². The third-order valence-corrected chi connectivity index (χ3v) is 5.82. The lowest BCUT2D eigenvalue weighted by Crippen LogP contribution is -2.46. The van der Waals surface area contributed by atoms with E-state index in [-0.39, 0.29) is 17.7 Å². The number of hydrogen-bond donors (Lipinski definition) is 1. The first-order chi connectivity index (χ1) is 9.94. The number of aryl methyl sites for hydroxylation is 1. The van der Waals surface area contributed by atoms with Crippen molar-refractivity contribution >= 4 is 15.9 Å². The van der Waals surface area contributed by atoms with Crippen molar-refractivity contribution < 1.29 is 13.2 Å². The van der Waals surface area contributed by atoms with Crippen LogP contribution >= 0.6 is 0 Å². The van der Waals surface area contributed by atoms with Crippen molar-refractivity contribution in [3.63, 3.8) is 0 Å². The molecule has 0 unspecified atom stereocenters. The van der Waals surface area contributed by atoms with Crippen molar-refractivity contribution in [3.8, 4) is 0 Å². The molecule has 5 nitrogen and oxygen atoms in total. The number of sulfonamides is 1. The van der Waals surface area contributed by atoms with Gasteiger partial charge < -0.3 is 5.32 Å². The van der Waals surface area contributed by atoms with Crippen molar-refractivity contribution in [1.82, 2.24) is 9.62 Å². The molecule has 0 radical (unpaired) electrons. The van der Waals surface area contributed by atoms with Crippen molar-refractivity contribution in [2.24, 2.45) is 0 Å². The van der Waals surface area contributed by atoms with Crippen LogP contribution in [-0.2, 0) is 10.0 Å². The fourth-order valence-corrected chi connectivity index (χ4v) is 3.68. The minimum Gasteiger partial charge on any atom is -0.349 e.